The summed E-state index contributed by atoms with van der Waals surface area (Å²) in [5.74, 6) is 0.237. The molecule has 0 fully saturated rings. The van der Waals surface area contributed by atoms with Gasteiger partial charge < -0.3 is 4.74 Å². The predicted octanol–water partition coefficient (Wildman–Crippen LogP) is 4.20. The molecule has 0 saturated carbocycles. The molecule has 0 saturated heterocycles. The summed E-state index contributed by atoms with van der Waals surface area (Å²) in [5.41, 5.74) is 5.15. The van der Waals surface area contributed by atoms with E-state index in [2.05, 4.69) is 4.98 Å². The van der Waals surface area contributed by atoms with Crippen molar-refractivity contribution < 1.29 is 9.53 Å². The first kappa shape index (κ1) is 19.5. The summed E-state index contributed by atoms with van der Waals surface area (Å²) in [7, 11) is 0. The Hall–Kier alpha value is -3.21. The molecule has 0 bridgehead atoms. The maximum absolute atomic E-state index is 13.4. The second kappa shape index (κ2) is 7.80. The highest BCUT2D eigenvalue weighted by molar-refractivity contribution is 5.89. The van der Waals surface area contributed by atoms with E-state index in [4.69, 9.17) is 4.74 Å². The van der Waals surface area contributed by atoms with Gasteiger partial charge in [0, 0.05) is 6.08 Å². The Bertz CT molecular complexity index is 1140. The molecule has 5 heteroatoms. The third-order valence-electron chi connectivity index (χ3n) is 4.77. The van der Waals surface area contributed by atoms with Crippen molar-refractivity contribution in [3.8, 4) is 5.69 Å². The van der Waals surface area contributed by atoms with Crippen LogP contribution >= 0.6 is 0 Å². The molecule has 5 nitrogen and oxygen atoms in total. The molecule has 3 aromatic rings. The van der Waals surface area contributed by atoms with Crippen molar-refractivity contribution in [1.29, 1.82) is 0 Å². The average Bonchev–Trinajstić information content (AvgIpc) is 2.63. The van der Waals surface area contributed by atoms with Crippen LogP contribution in [0.3, 0.4) is 0 Å². The molecule has 0 spiro atoms. The number of nitrogens with zero attached hydrogens (tertiary/aromatic N) is 2. The zero-order valence-electron chi connectivity index (χ0n) is 16.9. The molecule has 28 heavy (non-hydrogen) atoms. The lowest BCUT2D eigenvalue weighted by Crippen LogP contribution is -2.24. The molecule has 1 aromatic heterocycles. The fraction of sp³-hybridized carbons (Fsp3) is 0.261. The quantitative estimate of drug-likeness (QED) is 0.506. The minimum Gasteiger partial charge on any atom is -0.463 e. The van der Waals surface area contributed by atoms with Crippen LogP contribution < -0.4 is 5.56 Å². The molecule has 0 unspecified atom stereocenters. The van der Waals surface area contributed by atoms with Gasteiger partial charge in [-0.15, -0.1) is 0 Å². The van der Waals surface area contributed by atoms with Gasteiger partial charge in [0.15, 0.2) is 0 Å². The van der Waals surface area contributed by atoms with E-state index in [9.17, 15) is 9.59 Å². The number of esters is 1. The number of carbonyl (C=O) groups is 1. The Morgan fingerprint density at radius 2 is 1.79 bits per heavy atom. The van der Waals surface area contributed by atoms with Crippen LogP contribution in [0.2, 0.25) is 0 Å². The smallest absolute Gasteiger partial charge is 0.330 e. The number of para-hydroxylation sites is 1. The average molecular weight is 376 g/mol. The Labute approximate surface area is 164 Å². The Morgan fingerprint density at radius 1 is 1.11 bits per heavy atom. The summed E-state index contributed by atoms with van der Waals surface area (Å²) in [6.45, 7) is 9.83. The number of aryl methyl sites for hydroxylation is 4. The highest BCUT2D eigenvalue weighted by Crippen LogP contribution is 2.22. The highest BCUT2D eigenvalue weighted by atomic mass is 16.5. The van der Waals surface area contributed by atoms with Crippen molar-refractivity contribution in [1.82, 2.24) is 9.55 Å². The van der Waals surface area contributed by atoms with Gasteiger partial charge in [-0.3, -0.25) is 9.36 Å². The van der Waals surface area contributed by atoms with Crippen LogP contribution in [0.25, 0.3) is 22.7 Å². The predicted molar refractivity (Wildman–Crippen MR) is 112 cm³/mol. The molecule has 0 amide bonds. The molecule has 3 rings (SSSR count). The molecular formula is C23H24N2O3. The number of hydrogen-bond acceptors (Lipinski definition) is 4. The van der Waals surface area contributed by atoms with E-state index < -0.39 is 5.97 Å². The van der Waals surface area contributed by atoms with Gasteiger partial charge in [0.05, 0.1) is 23.2 Å². The summed E-state index contributed by atoms with van der Waals surface area (Å²) in [6.07, 6.45) is 3.05. The minimum absolute atomic E-state index is 0.120. The standard InChI is InChI=1S/C23H24N2O3/c1-6-28-21(26)11-10-18-13-19-20(12-16(18)4)24-17(5)25(23(19)27)22-14(2)8-7-9-15(22)3/h7-13H,6H2,1-5H3/b11-10+. The number of fused-ring (bicyclic) bond motifs is 1. The fourth-order valence-corrected chi connectivity index (χ4v) is 3.41. The summed E-state index contributed by atoms with van der Waals surface area (Å²) in [4.78, 5) is 29.7. The number of rotatable bonds is 4. The maximum atomic E-state index is 13.4. The fourth-order valence-electron chi connectivity index (χ4n) is 3.41. The second-order valence-corrected chi connectivity index (χ2v) is 6.85. The van der Waals surface area contributed by atoms with Crippen molar-refractivity contribution in [2.75, 3.05) is 6.61 Å². The van der Waals surface area contributed by atoms with Crippen LogP contribution in [0.4, 0.5) is 0 Å². The van der Waals surface area contributed by atoms with Gasteiger partial charge in [-0.05, 0) is 75.1 Å². The first-order chi connectivity index (χ1) is 13.3. The van der Waals surface area contributed by atoms with Crippen LogP contribution in [0.5, 0.6) is 0 Å². The van der Waals surface area contributed by atoms with E-state index >= 15 is 0 Å². The van der Waals surface area contributed by atoms with E-state index in [1.165, 1.54) is 6.08 Å². The summed E-state index contributed by atoms with van der Waals surface area (Å²) in [5, 5.41) is 0.516. The molecule has 0 radical (unpaired) electrons. The molecule has 1 heterocycles. The SMILES string of the molecule is CCOC(=O)/C=C/c1cc2c(=O)n(-c3c(C)cccc3C)c(C)nc2cc1C. The molecule has 2 aromatic carbocycles. The minimum atomic E-state index is -0.406. The lowest BCUT2D eigenvalue weighted by atomic mass is 10.0. The number of benzene rings is 2. The van der Waals surface area contributed by atoms with Crippen molar-refractivity contribution >= 4 is 22.9 Å². The summed E-state index contributed by atoms with van der Waals surface area (Å²) in [6, 6.07) is 9.62. The first-order valence-corrected chi connectivity index (χ1v) is 9.29. The van der Waals surface area contributed by atoms with Gasteiger partial charge in [0.2, 0.25) is 0 Å². The normalized spacial score (nSPS) is 11.3. The second-order valence-electron chi connectivity index (χ2n) is 6.85. The number of hydrogen-bond donors (Lipinski definition) is 0. The zero-order chi connectivity index (χ0) is 20.4. The summed E-state index contributed by atoms with van der Waals surface area (Å²) >= 11 is 0. The van der Waals surface area contributed by atoms with Crippen molar-refractivity contribution in [3.05, 3.63) is 74.8 Å². The molecular weight excluding hydrogens is 352 g/mol. The summed E-state index contributed by atoms with van der Waals surface area (Å²) < 4.78 is 6.60. The van der Waals surface area contributed by atoms with Crippen LogP contribution in [-0.4, -0.2) is 22.1 Å². The largest absolute Gasteiger partial charge is 0.463 e. The number of ether oxygens (including phenoxy) is 1. The van der Waals surface area contributed by atoms with Gasteiger partial charge in [0.1, 0.15) is 5.82 Å². The lowest BCUT2D eigenvalue weighted by molar-refractivity contribution is -0.137. The molecule has 0 aliphatic carbocycles. The van der Waals surface area contributed by atoms with Crippen molar-refractivity contribution in [3.63, 3.8) is 0 Å². The third kappa shape index (κ3) is 3.60. The van der Waals surface area contributed by atoms with Crippen molar-refractivity contribution in [2.24, 2.45) is 0 Å². The zero-order valence-corrected chi connectivity index (χ0v) is 16.9. The van der Waals surface area contributed by atoms with Gasteiger partial charge >= 0.3 is 5.97 Å². The van der Waals surface area contributed by atoms with E-state index in [-0.39, 0.29) is 5.56 Å². The van der Waals surface area contributed by atoms with Gasteiger partial charge in [-0.2, -0.15) is 0 Å². The van der Waals surface area contributed by atoms with Crippen LogP contribution in [0, 0.1) is 27.7 Å². The molecule has 0 atom stereocenters. The number of carbonyl (C=O) groups excluding carboxylic acids is 1. The molecule has 144 valence electrons. The Balaban J connectivity index is 2.23. The van der Waals surface area contributed by atoms with Crippen LogP contribution in [0.1, 0.15) is 35.0 Å². The van der Waals surface area contributed by atoms with E-state index in [0.29, 0.717) is 23.3 Å². The first-order valence-electron chi connectivity index (χ1n) is 9.29. The van der Waals surface area contributed by atoms with E-state index in [0.717, 1.165) is 27.9 Å². The van der Waals surface area contributed by atoms with Crippen molar-refractivity contribution in [2.45, 2.75) is 34.6 Å². The molecule has 0 aliphatic rings. The molecule has 0 aliphatic heterocycles. The van der Waals surface area contributed by atoms with E-state index in [1.54, 1.807) is 23.6 Å². The number of aromatic nitrogens is 2. The third-order valence-corrected chi connectivity index (χ3v) is 4.77. The van der Waals surface area contributed by atoms with Crippen LogP contribution in [0.15, 0.2) is 41.2 Å². The van der Waals surface area contributed by atoms with Crippen LogP contribution in [-0.2, 0) is 9.53 Å². The Morgan fingerprint density at radius 3 is 2.43 bits per heavy atom. The molecule has 0 N–H and O–H groups in total. The van der Waals surface area contributed by atoms with E-state index in [1.807, 2.05) is 52.0 Å². The monoisotopic (exact) mass is 376 g/mol. The van der Waals surface area contributed by atoms with Gasteiger partial charge in [-0.25, -0.2) is 9.78 Å². The maximum Gasteiger partial charge on any atom is 0.330 e. The highest BCUT2D eigenvalue weighted by Gasteiger charge is 2.14. The van der Waals surface area contributed by atoms with Gasteiger partial charge in [-0.1, -0.05) is 18.2 Å². The lowest BCUT2D eigenvalue weighted by Gasteiger charge is -2.16. The Kier molecular flexibility index (Phi) is 5.45. The topological polar surface area (TPSA) is 61.2 Å². The van der Waals surface area contributed by atoms with Gasteiger partial charge in [0.25, 0.3) is 5.56 Å².